The lowest BCUT2D eigenvalue weighted by atomic mass is 9.33. The minimum atomic E-state index is -0.643. The van der Waals surface area contributed by atoms with Crippen LogP contribution in [0.1, 0.15) is 123 Å². The fourth-order valence-electron chi connectivity index (χ4n) is 12.6. The molecular weight excluding hydrogens is 617 g/mol. The number of carbonyl (C=O) groups excluding carboxylic acids is 2. The van der Waals surface area contributed by atoms with Gasteiger partial charge >= 0.3 is 5.97 Å². The van der Waals surface area contributed by atoms with Crippen LogP contribution in [-0.4, -0.2) is 24.5 Å². The van der Waals surface area contributed by atoms with Gasteiger partial charge in [-0.1, -0.05) is 114 Å². The molecule has 4 nitrogen and oxygen atoms in total. The number of allylic oxidation sites excluding steroid dienone is 2. The van der Waals surface area contributed by atoms with E-state index in [-0.39, 0.29) is 51.0 Å². The lowest BCUT2D eigenvalue weighted by molar-refractivity contribution is -0.207. The van der Waals surface area contributed by atoms with Crippen molar-refractivity contribution >= 4 is 11.8 Å². The Morgan fingerprint density at radius 2 is 1.46 bits per heavy atom. The van der Waals surface area contributed by atoms with Crippen LogP contribution in [0.15, 0.2) is 72.3 Å². The molecule has 2 aromatic carbocycles. The highest BCUT2D eigenvalue weighted by atomic mass is 16.5. The van der Waals surface area contributed by atoms with Gasteiger partial charge in [-0.2, -0.15) is 0 Å². The van der Waals surface area contributed by atoms with E-state index in [4.69, 9.17) is 15.9 Å². The molecule has 0 amide bonds. The van der Waals surface area contributed by atoms with Gasteiger partial charge in [0.25, 0.3) is 0 Å². The van der Waals surface area contributed by atoms with Crippen LogP contribution in [0, 0.1) is 62.6 Å². The number of fused-ring (bicyclic) bond motifs is 7. The summed E-state index contributed by atoms with van der Waals surface area (Å²) < 4.78 is 12.8. The van der Waals surface area contributed by atoms with Gasteiger partial charge in [-0.25, -0.2) is 0 Å². The maximum atomic E-state index is 14.9. The van der Waals surface area contributed by atoms with Crippen molar-refractivity contribution < 1.29 is 19.1 Å². The summed E-state index contributed by atoms with van der Waals surface area (Å²) in [7, 11) is 0. The van der Waals surface area contributed by atoms with Gasteiger partial charge in [-0.15, -0.1) is 6.42 Å². The number of hydrogen-bond acceptors (Lipinski definition) is 4. The molecule has 4 saturated carbocycles. The van der Waals surface area contributed by atoms with Crippen molar-refractivity contribution in [2.75, 3.05) is 6.61 Å². The Morgan fingerprint density at radius 3 is 2.08 bits per heavy atom. The van der Waals surface area contributed by atoms with Crippen molar-refractivity contribution in [2.24, 2.45) is 50.2 Å². The molecule has 0 aliphatic heterocycles. The van der Waals surface area contributed by atoms with Crippen molar-refractivity contribution in [3.63, 3.8) is 0 Å². The number of esters is 1. The Balaban J connectivity index is 1.21. The van der Waals surface area contributed by atoms with Crippen LogP contribution in [0.4, 0.5) is 0 Å². The Hall–Kier alpha value is -3.16. The molecule has 0 heterocycles. The molecule has 50 heavy (non-hydrogen) atoms. The highest BCUT2D eigenvalue weighted by molar-refractivity contribution is 5.95. The molecule has 2 aromatic rings. The summed E-state index contributed by atoms with van der Waals surface area (Å²) in [5.41, 5.74) is 2.26. The first-order valence-corrected chi connectivity index (χ1v) is 19.2. The predicted molar refractivity (Wildman–Crippen MR) is 199 cm³/mol. The summed E-state index contributed by atoms with van der Waals surface area (Å²) in [5.74, 6) is 3.38. The van der Waals surface area contributed by atoms with Crippen LogP contribution in [0.5, 0.6) is 0 Å². The summed E-state index contributed by atoms with van der Waals surface area (Å²) in [6.45, 7) is 17.0. The molecule has 4 heteroatoms. The number of ether oxygens (including phenoxy) is 2. The van der Waals surface area contributed by atoms with E-state index in [0.29, 0.717) is 18.3 Å². The summed E-state index contributed by atoms with van der Waals surface area (Å²) in [6, 6.07) is 20.2. The zero-order valence-electron chi connectivity index (χ0n) is 31.5. The molecule has 5 aliphatic carbocycles. The van der Waals surface area contributed by atoms with Crippen LogP contribution in [-0.2, 0) is 19.1 Å². The Bertz CT molecular complexity index is 1660. The number of hydrogen-bond donors (Lipinski definition) is 0. The molecule has 5 aliphatic rings. The molecule has 0 bridgehead atoms. The molecule has 0 radical (unpaired) electrons. The molecule has 0 saturated heterocycles. The summed E-state index contributed by atoms with van der Waals surface area (Å²) >= 11 is 0. The van der Waals surface area contributed by atoms with Crippen molar-refractivity contribution in [3.05, 3.63) is 83.4 Å². The minimum absolute atomic E-state index is 0.0304. The van der Waals surface area contributed by atoms with E-state index in [1.165, 1.54) is 5.57 Å². The molecular formula is C46H58O4. The second-order valence-electron chi connectivity index (χ2n) is 18.7. The maximum absolute atomic E-state index is 14.9. The monoisotopic (exact) mass is 674 g/mol. The van der Waals surface area contributed by atoms with E-state index in [1.54, 1.807) is 0 Å². The third kappa shape index (κ3) is 5.19. The van der Waals surface area contributed by atoms with E-state index in [2.05, 4.69) is 60.5 Å². The summed E-state index contributed by atoms with van der Waals surface area (Å²) in [6.07, 6.45) is 16.1. The first kappa shape index (κ1) is 35.3. The zero-order chi connectivity index (χ0) is 35.7. The lowest BCUT2D eigenvalue weighted by Gasteiger charge is -2.70. The largest absolute Gasteiger partial charge is 0.452 e. The third-order valence-corrected chi connectivity index (χ3v) is 15.8. The van der Waals surface area contributed by atoms with Gasteiger partial charge in [0.2, 0.25) is 0 Å². The molecule has 0 spiro atoms. The Kier molecular flexibility index (Phi) is 8.62. The van der Waals surface area contributed by atoms with Crippen LogP contribution in [0.2, 0.25) is 0 Å². The van der Waals surface area contributed by atoms with Gasteiger partial charge in [0.1, 0.15) is 6.61 Å². The summed E-state index contributed by atoms with van der Waals surface area (Å²) in [5, 5.41) is 0. The third-order valence-electron chi connectivity index (χ3n) is 15.8. The van der Waals surface area contributed by atoms with Crippen molar-refractivity contribution in [1.29, 1.82) is 0 Å². The van der Waals surface area contributed by atoms with E-state index < -0.39 is 11.5 Å². The first-order chi connectivity index (χ1) is 23.6. The second kappa shape index (κ2) is 12.2. The van der Waals surface area contributed by atoms with E-state index >= 15 is 0 Å². The quantitative estimate of drug-likeness (QED) is 0.226. The number of rotatable bonds is 6. The predicted octanol–water partition coefficient (Wildman–Crippen LogP) is 10.3. The first-order valence-electron chi connectivity index (χ1n) is 19.2. The smallest absolute Gasteiger partial charge is 0.312 e. The molecule has 9 atom stereocenters. The lowest BCUT2D eigenvalue weighted by Crippen LogP contribution is -2.66. The van der Waals surface area contributed by atoms with Crippen LogP contribution < -0.4 is 0 Å². The molecule has 0 unspecified atom stereocenters. The van der Waals surface area contributed by atoms with Crippen LogP contribution >= 0.6 is 0 Å². The second-order valence-corrected chi connectivity index (χ2v) is 18.7. The van der Waals surface area contributed by atoms with Crippen LogP contribution in [0.3, 0.4) is 0 Å². The standard InChI is InChI=1S/C46H58O4/c1-9-28-49-37-21-22-44(6)36(41(37,2)3)20-23-46(8)39(44)35(47)29-33-34-30-43(5,25-24-42(34,4)26-27-45(33,46)7)40(48)50-38(31-16-12-10-13-17-31)32-18-14-11-15-19-32/h1,10-19,29,34,36-39H,20-28,30H2,2-8H3/t34-,36-,37-,39+,42+,43-,44-,45+,46+/m0/s1. The SMILES string of the molecule is C#CCO[C@H]1CC[C@]2(C)[C@H]3C(=O)C=C4[C@@H]5C[C@@](C)(C(=O)OC(c6ccccc6)c6ccccc6)CC[C@]5(C)CC[C@@]4(C)[C@]3(C)CC[C@H]2C1(C)C. The number of carbonyl (C=O) groups is 2. The van der Waals surface area contributed by atoms with Gasteiger partial charge in [0, 0.05) is 5.92 Å². The molecule has 7 rings (SSSR count). The molecule has 0 aromatic heterocycles. The van der Waals surface area contributed by atoms with Gasteiger partial charge in [-0.3, -0.25) is 9.59 Å². The minimum Gasteiger partial charge on any atom is -0.452 e. The maximum Gasteiger partial charge on any atom is 0.312 e. The number of benzene rings is 2. The highest BCUT2D eigenvalue weighted by Crippen LogP contribution is 2.75. The van der Waals surface area contributed by atoms with Crippen LogP contribution in [0.25, 0.3) is 0 Å². The Labute approximate surface area is 301 Å². The van der Waals surface area contributed by atoms with E-state index in [9.17, 15) is 9.59 Å². The fourth-order valence-corrected chi connectivity index (χ4v) is 12.6. The zero-order valence-corrected chi connectivity index (χ0v) is 31.5. The van der Waals surface area contributed by atoms with E-state index in [1.807, 2.05) is 60.7 Å². The van der Waals surface area contributed by atoms with E-state index in [0.717, 1.165) is 68.9 Å². The van der Waals surface area contributed by atoms with Gasteiger partial charge in [0.05, 0.1) is 11.5 Å². The summed E-state index contributed by atoms with van der Waals surface area (Å²) in [4.78, 5) is 29.3. The van der Waals surface area contributed by atoms with Crippen molar-refractivity contribution in [3.8, 4) is 12.3 Å². The van der Waals surface area contributed by atoms with Crippen molar-refractivity contribution in [1.82, 2.24) is 0 Å². The highest BCUT2D eigenvalue weighted by Gasteiger charge is 2.70. The molecule has 0 N–H and O–H groups in total. The normalized spacial score (nSPS) is 40.3. The molecule has 266 valence electrons. The van der Waals surface area contributed by atoms with Crippen molar-refractivity contribution in [2.45, 2.75) is 118 Å². The number of terminal acetylenes is 1. The van der Waals surface area contributed by atoms with Gasteiger partial charge < -0.3 is 9.47 Å². The fraction of sp³-hybridized carbons (Fsp3) is 0.609. The number of ketones is 1. The Morgan fingerprint density at radius 1 is 0.840 bits per heavy atom. The van der Waals surface area contributed by atoms with Gasteiger partial charge in [-0.05, 0) is 121 Å². The molecule has 4 fully saturated rings. The average molecular weight is 675 g/mol. The van der Waals surface area contributed by atoms with Gasteiger partial charge in [0.15, 0.2) is 11.9 Å². The average Bonchev–Trinajstić information content (AvgIpc) is 3.09. The topological polar surface area (TPSA) is 52.6 Å².